The number of hydrogen-bond donors (Lipinski definition) is 0. The number of ketones is 1. The standard InChI is InChI=1S/C18H27N5O3/c1-12-17(14(3)24)13(2)23(19-12)6-5-16(25)22-10-9-21-8-7-20(4)18(26)15(21)11-22/h15H,5-11H2,1-4H3/t15-/m0/s1. The fourth-order valence-electron chi connectivity index (χ4n) is 3.98. The zero-order valence-electron chi connectivity index (χ0n) is 16.0. The normalized spacial score (nSPS) is 21.1. The first-order chi connectivity index (χ1) is 12.3. The molecule has 2 fully saturated rings. The Morgan fingerprint density at radius 2 is 1.85 bits per heavy atom. The number of fused-ring (bicyclic) bond motifs is 1. The summed E-state index contributed by atoms with van der Waals surface area (Å²) in [5.41, 5.74) is 2.14. The number of carbonyl (C=O) groups excluding carboxylic acids is 3. The van der Waals surface area contributed by atoms with Crippen molar-refractivity contribution in [1.82, 2.24) is 24.5 Å². The molecule has 8 nitrogen and oxygen atoms in total. The zero-order chi connectivity index (χ0) is 19.0. The van der Waals surface area contributed by atoms with Crippen molar-refractivity contribution in [2.45, 2.75) is 39.8 Å². The Morgan fingerprint density at radius 3 is 2.50 bits per heavy atom. The highest BCUT2D eigenvalue weighted by atomic mass is 16.2. The molecule has 2 aliphatic rings. The molecule has 0 saturated carbocycles. The molecule has 0 aliphatic carbocycles. The van der Waals surface area contributed by atoms with Crippen molar-refractivity contribution in [3.05, 3.63) is 17.0 Å². The third kappa shape index (κ3) is 3.38. The van der Waals surface area contributed by atoms with E-state index in [4.69, 9.17) is 0 Å². The van der Waals surface area contributed by atoms with Crippen LogP contribution in [0.15, 0.2) is 0 Å². The molecule has 0 unspecified atom stereocenters. The molecule has 3 rings (SSSR count). The Bertz CT molecular complexity index is 741. The van der Waals surface area contributed by atoms with Crippen LogP contribution in [-0.4, -0.2) is 87.9 Å². The van der Waals surface area contributed by atoms with Crippen molar-refractivity contribution in [3.63, 3.8) is 0 Å². The number of aromatic nitrogens is 2. The SMILES string of the molecule is CC(=O)c1c(C)nn(CCC(=O)N2CCN3CCN(C)C(=O)[C@@H]3C2)c1C. The Balaban J connectivity index is 1.62. The summed E-state index contributed by atoms with van der Waals surface area (Å²) in [6.07, 6.45) is 0.316. The van der Waals surface area contributed by atoms with Gasteiger partial charge in [0.15, 0.2) is 5.78 Å². The molecule has 3 heterocycles. The number of carbonyl (C=O) groups is 3. The van der Waals surface area contributed by atoms with Gasteiger partial charge in [-0.3, -0.25) is 24.0 Å². The number of amides is 2. The molecular weight excluding hydrogens is 334 g/mol. The number of piperazine rings is 2. The minimum atomic E-state index is -0.218. The molecule has 0 aromatic carbocycles. The topological polar surface area (TPSA) is 78.8 Å². The van der Waals surface area contributed by atoms with Crippen molar-refractivity contribution in [2.24, 2.45) is 0 Å². The highest BCUT2D eigenvalue weighted by Gasteiger charge is 2.38. The summed E-state index contributed by atoms with van der Waals surface area (Å²) >= 11 is 0. The van der Waals surface area contributed by atoms with Gasteiger partial charge < -0.3 is 9.80 Å². The monoisotopic (exact) mass is 361 g/mol. The number of Topliss-reactive ketones (excluding diaryl/α,β-unsaturated/α-hetero) is 1. The van der Waals surface area contributed by atoms with Crippen LogP contribution in [-0.2, 0) is 16.1 Å². The Morgan fingerprint density at radius 1 is 1.15 bits per heavy atom. The second kappa shape index (κ2) is 7.19. The van der Waals surface area contributed by atoms with Gasteiger partial charge >= 0.3 is 0 Å². The molecule has 26 heavy (non-hydrogen) atoms. The largest absolute Gasteiger partial charge is 0.343 e. The van der Waals surface area contributed by atoms with Crippen LogP contribution in [0.2, 0.25) is 0 Å². The molecule has 0 spiro atoms. The fraction of sp³-hybridized carbons (Fsp3) is 0.667. The summed E-state index contributed by atoms with van der Waals surface area (Å²) in [5, 5.41) is 4.39. The summed E-state index contributed by atoms with van der Waals surface area (Å²) in [5.74, 6) is 0.120. The molecule has 0 bridgehead atoms. The summed E-state index contributed by atoms with van der Waals surface area (Å²) < 4.78 is 1.74. The fourth-order valence-corrected chi connectivity index (χ4v) is 3.98. The van der Waals surface area contributed by atoms with Gasteiger partial charge in [-0.15, -0.1) is 0 Å². The van der Waals surface area contributed by atoms with Crippen LogP contribution in [0.4, 0.5) is 0 Å². The Hall–Kier alpha value is -2.22. The van der Waals surface area contributed by atoms with E-state index in [1.54, 1.807) is 14.5 Å². The maximum Gasteiger partial charge on any atom is 0.241 e. The van der Waals surface area contributed by atoms with Crippen LogP contribution in [0.5, 0.6) is 0 Å². The van der Waals surface area contributed by atoms with Gasteiger partial charge in [0.1, 0.15) is 6.04 Å². The molecule has 2 saturated heterocycles. The Kier molecular flexibility index (Phi) is 5.13. The molecule has 1 atom stereocenters. The molecule has 2 amide bonds. The number of likely N-dealkylation sites (N-methyl/N-ethyl adjacent to an activating group) is 1. The lowest BCUT2D eigenvalue weighted by Crippen LogP contribution is -2.64. The lowest BCUT2D eigenvalue weighted by atomic mass is 10.1. The number of hydrogen-bond acceptors (Lipinski definition) is 5. The van der Waals surface area contributed by atoms with Gasteiger partial charge in [0.25, 0.3) is 0 Å². The van der Waals surface area contributed by atoms with Crippen LogP contribution in [0.1, 0.15) is 35.1 Å². The average molecular weight is 361 g/mol. The van der Waals surface area contributed by atoms with Crippen molar-refractivity contribution in [3.8, 4) is 0 Å². The van der Waals surface area contributed by atoms with Gasteiger partial charge in [-0.05, 0) is 20.8 Å². The molecule has 0 radical (unpaired) electrons. The number of rotatable bonds is 4. The predicted molar refractivity (Wildman–Crippen MR) is 95.9 cm³/mol. The Labute approximate surface area is 153 Å². The second-order valence-electron chi connectivity index (χ2n) is 7.23. The van der Waals surface area contributed by atoms with Crippen molar-refractivity contribution < 1.29 is 14.4 Å². The maximum atomic E-state index is 12.6. The van der Waals surface area contributed by atoms with Crippen molar-refractivity contribution in [1.29, 1.82) is 0 Å². The van der Waals surface area contributed by atoms with Gasteiger partial charge in [0.05, 0.1) is 11.3 Å². The number of aryl methyl sites for hydroxylation is 2. The van der Waals surface area contributed by atoms with E-state index in [1.165, 1.54) is 6.92 Å². The minimum Gasteiger partial charge on any atom is -0.343 e. The van der Waals surface area contributed by atoms with Crippen LogP contribution in [0.3, 0.4) is 0 Å². The molecule has 1 aromatic rings. The first-order valence-corrected chi connectivity index (χ1v) is 9.11. The maximum absolute atomic E-state index is 12.6. The molecule has 142 valence electrons. The molecule has 0 N–H and O–H groups in total. The third-order valence-corrected chi connectivity index (χ3v) is 5.50. The van der Waals surface area contributed by atoms with E-state index >= 15 is 0 Å². The van der Waals surface area contributed by atoms with E-state index < -0.39 is 0 Å². The quantitative estimate of drug-likeness (QED) is 0.710. The third-order valence-electron chi connectivity index (χ3n) is 5.50. The first-order valence-electron chi connectivity index (χ1n) is 9.11. The second-order valence-corrected chi connectivity index (χ2v) is 7.23. The lowest BCUT2D eigenvalue weighted by Gasteiger charge is -2.45. The summed E-state index contributed by atoms with van der Waals surface area (Å²) in [6.45, 7) is 9.11. The molecule has 2 aliphatic heterocycles. The van der Waals surface area contributed by atoms with E-state index in [0.717, 1.165) is 25.3 Å². The highest BCUT2D eigenvalue weighted by Crippen LogP contribution is 2.18. The van der Waals surface area contributed by atoms with Crippen LogP contribution in [0, 0.1) is 13.8 Å². The molecular formula is C18H27N5O3. The minimum absolute atomic E-state index is 0.00590. The van der Waals surface area contributed by atoms with Crippen LogP contribution < -0.4 is 0 Å². The zero-order valence-corrected chi connectivity index (χ0v) is 16.0. The van der Waals surface area contributed by atoms with Gasteiger partial charge in [-0.2, -0.15) is 5.10 Å². The predicted octanol–water partition coefficient (Wildman–Crippen LogP) is 0.0774. The van der Waals surface area contributed by atoms with Gasteiger partial charge in [0.2, 0.25) is 11.8 Å². The summed E-state index contributed by atoms with van der Waals surface area (Å²) in [7, 11) is 1.82. The smallest absolute Gasteiger partial charge is 0.241 e. The van der Waals surface area contributed by atoms with E-state index in [-0.39, 0.29) is 23.6 Å². The number of nitrogens with zero attached hydrogens (tertiary/aromatic N) is 5. The summed E-state index contributed by atoms with van der Waals surface area (Å²) in [4.78, 5) is 42.4. The van der Waals surface area contributed by atoms with E-state index in [1.807, 2.05) is 20.9 Å². The van der Waals surface area contributed by atoms with Gasteiger partial charge in [0, 0.05) is 58.4 Å². The van der Waals surface area contributed by atoms with E-state index in [0.29, 0.717) is 37.3 Å². The van der Waals surface area contributed by atoms with Gasteiger partial charge in [-0.25, -0.2) is 0 Å². The van der Waals surface area contributed by atoms with Crippen molar-refractivity contribution in [2.75, 3.05) is 39.8 Å². The molecule has 8 heteroatoms. The molecule has 1 aromatic heterocycles. The van der Waals surface area contributed by atoms with E-state index in [9.17, 15) is 14.4 Å². The van der Waals surface area contributed by atoms with E-state index in [2.05, 4.69) is 10.00 Å². The van der Waals surface area contributed by atoms with Crippen LogP contribution >= 0.6 is 0 Å². The first kappa shape index (κ1) is 18.6. The van der Waals surface area contributed by atoms with Crippen LogP contribution in [0.25, 0.3) is 0 Å². The lowest BCUT2D eigenvalue weighted by molar-refractivity contribution is -0.147. The van der Waals surface area contributed by atoms with Crippen molar-refractivity contribution >= 4 is 17.6 Å². The highest BCUT2D eigenvalue weighted by molar-refractivity contribution is 5.96. The van der Waals surface area contributed by atoms with Gasteiger partial charge in [-0.1, -0.05) is 0 Å². The summed E-state index contributed by atoms with van der Waals surface area (Å²) in [6, 6.07) is -0.218. The average Bonchev–Trinajstić information content (AvgIpc) is 2.89.